The van der Waals surface area contributed by atoms with Crippen molar-refractivity contribution in [2.45, 2.75) is 6.42 Å². The summed E-state index contributed by atoms with van der Waals surface area (Å²) < 4.78 is 2.38. The topological polar surface area (TPSA) is 89.8 Å². The van der Waals surface area contributed by atoms with Gasteiger partial charge in [0.2, 0.25) is 0 Å². The quantitative estimate of drug-likeness (QED) is 0.525. The molecular formula is C21H17ClN4O3. The maximum atomic E-state index is 12.6. The molecule has 0 saturated carbocycles. The molecule has 0 atom stereocenters. The molecule has 0 fully saturated rings. The third-order valence-electron chi connectivity index (χ3n) is 4.85. The van der Waals surface area contributed by atoms with Crippen molar-refractivity contribution >= 4 is 28.5 Å². The van der Waals surface area contributed by atoms with Gasteiger partial charge in [0.25, 0.3) is 5.56 Å². The largest absolute Gasteiger partial charge is 0.336 e. The summed E-state index contributed by atoms with van der Waals surface area (Å²) >= 11 is 6.11. The second-order valence-corrected chi connectivity index (χ2v) is 7.18. The number of nitrogens with zero attached hydrogens (tertiary/aromatic N) is 3. The molecule has 4 rings (SSSR count). The Morgan fingerprint density at radius 3 is 2.41 bits per heavy atom. The van der Waals surface area contributed by atoms with Gasteiger partial charge in [0.1, 0.15) is 11.3 Å². The Morgan fingerprint density at radius 1 is 1.03 bits per heavy atom. The lowest BCUT2D eigenvalue weighted by molar-refractivity contribution is 0.103. The van der Waals surface area contributed by atoms with Gasteiger partial charge in [-0.2, -0.15) is 0 Å². The van der Waals surface area contributed by atoms with E-state index in [2.05, 4.69) is 9.97 Å². The molecule has 0 unspecified atom stereocenters. The minimum Gasteiger partial charge on any atom is -0.336 e. The number of nitrogens with one attached hydrogen (secondary N) is 1. The predicted octanol–water partition coefficient (Wildman–Crippen LogP) is 2.44. The molecule has 0 spiro atoms. The number of ketones is 1. The van der Waals surface area contributed by atoms with Gasteiger partial charge in [0.05, 0.1) is 5.02 Å². The number of halogens is 1. The molecule has 0 aliphatic heterocycles. The molecule has 146 valence electrons. The van der Waals surface area contributed by atoms with Gasteiger partial charge in [-0.25, -0.2) is 9.78 Å². The lowest BCUT2D eigenvalue weighted by atomic mass is 10.0. The lowest BCUT2D eigenvalue weighted by Crippen LogP contribution is -2.36. The lowest BCUT2D eigenvalue weighted by Gasteiger charge is -2.05. The maximum absolute atomic E-state index is 12.6. The van der Waals surface area contributed by atoms with E-state index in [-0.39, 0.29) is 11.3 Å². The average Bonchev–Trinajstić information content (AvgIpc) is 3.15. The number of imidazole rings is 1. The highest BCUT2D eigenvalue weighted by Crippen LogP contribution is 2.20. The molecule has 1 N–H and O–H groups in total. The van der Waals surface area contributed by atoms with Crippen molar-refractivity contribution in [3.63, 3.8) is 0 Å². The first-order valence-corrected chi connectivity index (χ1v) is 9.27. The number of rotatable bonds is 4. The third kappa shape index (κ3) is 3.30. The Bertz CT molecular complexity index is 1360. The summed E-state index contributed by atoms with van der Waals surface area (Å²) in [6, 6.07) is 14.0. The van der Waals surface area contributed by atoms with Crippen molar-refractivity contribution in [3.8, 4) is 0 Å². The fourth-order valence-electron chi connectivity index (χ4n) is 3.23. The number of carbonyl (C=O) groups excluding carboxylic acids is 1. The van der Waals surface area contributed by atoms with Gasteiger partial charge in [-0.15, -0.1) is 0 Å². The van der Waals surface area contributed by atoms with Crippen LogP contribution in [0.25, 0.3) is 11.2 Å². The fraction of sp³-hybridized carbons (Fsp3) is 0.143. The zero-order valence-electron chi connectivity index (χ0n) is 15.8. The zero-order valence-corrected chi connectivity index (χ0v) is 16.5. The summed E-state index contributed by atoms with van der Waals surface area (Å²) in [6.45, 7) is 0. The average molecular weight is 409 g/mol. The summed E-state index contributed by atoms with van der Waals surface area (Å²) in [7, 11) is 3.00. The van der Waals surface area contributed by atoms with E-state index in [0.717, 1.165) is 10.1 Å². The molecule has 2 aromatic heterocycles. The summed E-state index contributed by atoms with van der Waals surface area (Å²) in [6.07, 6.45) is 0.423. The summed E-state index contributed by atoms with van der Waals surface area (Å²) in [5.41, 5.74) is 1.65. The highest BCUT2D eigenvalue weighted by atomic mass is 35.5. The van der Waals surface area contributed by atoms with E-state index in [1.54, 1.807) is 43.4 Å². The standard InChI is InChI=1S/C21H17ClN4O3/c1-25-19-17(20(28)26(2)21(25)29)23-16(24-19)11-12-7-9-13(10-8-12)18(27)14-5-3-4-6-15(14)22/h3-10H,11H2,1-2H3,(H,23,24). The van der Waals surface area contributed by atoms with E-state index < -0.39 is 11.2 Å². The first-order valence-electron chi connectivity index (χ1n) is 8.89. The van der Waals surface area contributed by atoms with Crippen LogP contribution in [0.5, 0.6) is 0 Å². The number of hydrogen-bond acceptors (Lipinski definition) is 4. The van der Waals surface area contributed by atoms with Gasteiger partial charge in [0, 0.05) is 31.6 Å². The Morgan fingerprint density at radius 2 is 1.72 bits per heavy atom. The molecule has 0 saturated heterocycles. The predicted molar refractivity (Wildman–Crippen MR) is 111 cm³/mol. The number of carbonyl (C=O) groups is 1. The number of H-pyrrole nitrogens is 1. The second-order valence-electron chi connectivity index (χ2n) is 6.77. The number of aryl methyl sites for hydroxylation is 1. The van der Waals surface area contributed by atoms with Gasteiger partial charge >= 0.3 is 5.69 Å². The molecule has 8 heteroatoms. The number of benzene rings is 2. The van der Waals surface area contributed by atoms with Crippen LogP contribution in [0, 0.1) is 0 Å². The van der Waals surface area contributed by atoms with Crippen molar-refractivity contribution in [2.24, 2.45) is 14.1 Å². The van der Waals surface area contributed by atoms with Crippen LogP contribution in [0.3, 0.4) is 0 Å². The smallest absolute Gasteiger partial charge is 0.332 e. The number of fused-ring (bicyclic) bond motifs is 1. The van der Waals surface area contributed by atoms with Gasteiger partial charge < -0.3 is 4.98 Å². The SMILES string of the molecule is Cn1c(=O)c2[nH]c(Cc3ccc(C(=O)c4ccccc4Cl)cc3)nc2n(C)c1=O. The highest BCUT2D eigenvalue weighted by Gasteiger charge is 2.15. The Balaban J connectivity index is 1.63. The van der Waals surface area contributed by atoms with Crippen LogP contribution < -0.4 is 11.2 Å². The minimum atomic E-state index is -0.428. The first kappa shape index (κ1) is 18.9. The van der Waals surface area contributed by atoms with Crippen LogP contribution in [0.1, 0.15) is 27.3 Å². The van der Waals surface area contributed by atoms with Crippen molar-refractivity contribution < 1.29 is 4.79 Å². The van der Waals surface area contributed by atoms with E-state index in [4.69, 9.17) is 11.6 Å². The van der Waals surface area contributed by atoms with Crippen molar-refractivity contribution in [2.75, 3.05) is 0 Å². The van der Waals surface area contributed by atoms with Crippen molar-refractivity contribution in [1.82, 2.24) is 19.1 Å². The van der Waals surface area contributed by atoms with Crippen LogP contribution in [-0.4, -0.2) is 24.9 Å². The Kier molecular flexibility index (Phi) is 4.68. The summed E-state index contributed by atoms with van der Waals surface area (Å²) in [5.74, 6) is 0.410. The molecule has 0 bridgehead atoms. The van der Waals surface area contributed by atoms with E-state index in [1.165, 1.54) is 11.6 Å². The molecule has 29 heavy (non-hydrogen) atoms. The minimum absolute atomic E-state index is 0.149. The number of hydrogen-bond donors (Lipinski definition) is 1. The molecule has 0 radical (unpaired) electrons. The third-order valence-corrected chi connectivity index (χ3v) is 5.18. The van der Waals surface area contributed by atoms with Gasteiger partial charge in [-0.3, -0.25) is 18.7 Å². The van der Waals surface area contributed by atoms with E-state index >= 15 is 0 Å². The van der Waals surface area contributed by atoms with Crippen LogP contribution in [0.4, 0.5) is 0 Å². The maximum Gasteiger partial charge on any atom is 0.332 e. The summed E-state index contributed by atoms with van der Waals surface area (Å²) in [5, 5.41) is 0.413. The Hall–Kier alpha value is -3.45. The molecule has 7 nitrogen and oxygen atoms in total. The zero-order chi connectivity index (χ0) is 20.7. The van der Waals surface area contributed by atoms with Crippen LogP contribution in [0.2, 0.25) is 5.02 Å². The van der Waals surface area contributed by atoms with Gasteiger partial charge in [-0.05, 0) is 17.7 Å². The second kappa shape index (κ2) is 7.18. The monoisotopic (exact) mass is 408 g/mol. The fourth-order valence-corrected chi connectivity index (χ4v) is 3.45. The van der Waals surface area contributed by atoms with Crippen molar-refractivity contribution in [1.29, 1.82) is 0 Å². The molecule has 4 aromatic rings. The van der Waals surface area contributed by atoms with E-state index in [1.807, 2.05) is 12.1 Å². The molecule has 2 heterocycles. The summed E-state index contributed by atoms with van der Waals surface area (Å²) in [4.78, 5) is 44.3. The van der Waals surface area contributed by atoms with E-state index in [9.17, 15) is 14.4 Å². The molecule has 0 amide bonds. The van der Waals surface area contributed by atoms with Crippen LogP contribution in [0.15, 0.2) is 58.1 Å². The molecule has 0 aliphatic carbocycles. The van der Waals surface area contributed by atoms with E-state index in [0.29, 0.717) is 34.0 Å². The van der Waals surface area contributed by atoms with Crippen LogP contribution in [-0.2, 0) is 20.5 Å². The first-order chi connectivity index (χ1) is 13.9. The van der Waals surface area contributed by atoms with Crippen LogP contribution >= 0.6 is 11.6 Å². The molecular weight excluding hydrogens is 392 g/mol. The molecule has 2 aromatic carbocycles. The van der Waals surface area contributed by atoms with Gasteiger partial charge in [0.15, 0.2) is 11.4 Å². The normalized spacial score (nSPS) is 11.1. The molecule has 0 aliphatic rings. The number of aromatic amines is 1. The van der Waals surface area contributed by atoms with Gasteiger partial charge in [-0.1, -0.05) is 48.0 Å². The highest BCUT2D eigenvalue weighted by molar-refractivity contribution is 6.34. The number of aromatic nitrogens is 4. The van der Waals surface area contributed by atoms with Crippen molar-refractivity contribution in [3.05, 3.63) is 96.9 Å². The Labute approximate surface area is 170 Å².